The third-order valence-corrected chi connectivity index (χ3v) is 3.17. The van der Waals surface area contributed by atoms with Gasteiger partial charge in [0, 0.05) is 6.54 Å². The molecule has 0 saturated carbocycles. The Kier molecular flexibility index (Phi) is 6.50. The normalized spacial score (nSPS) is 12.9. The van der Waals surface area contributed by atoms with E-state index in [2.05, 4.69) is 11.9 Å². The van der Waals surface area contributed by atoms with Crippen LogP contribution in [0.1, 0.15) is 33.1 Å². The number of carboxylic acids is 1. The van der Waals surface area contributed by atoms with Crippen molar-refractivity contribution < 1.29 is 14.7 Å². The van der Waals surface area contributed by atoms with Crippen molar-refractivity contribution in [3.8, 4) is 0 Å². The fraction of sp³-hybridized carbons (Fsp3) is 0.667. The maximum atomic E-state index is 11.6. The molecule has 0 aromatic carbocycles. The molecular weight excluding hydrogens is 220 g/mol. The van der Waals surface area contributed by atoms with Gasteiger partial charge in [-0.3, -0.25) is 9.59 Å². The van der Waals surface area contributed by atoms with Gasteiger partial charge in [0.2, 0.25) is 5.91 Å². The summed E-state index contributed by atoms with van der Waals surface area (Å²) in [7, 11) is 0. The molecule has 0 bridgehead atoms. The van der Waals surface area contributed by atoms with E-state index in [4.69, 9.17) is 5.73 Å². The van der Waals surface area contributed by atoms with Crippen LogP contribution in [0.4, 0.5) is 0 Å². The molecule has 0 aromatic heterocycles. The third kappa shape index (κ3) is 4.19. The average molecular weight is 242 g/mol. The summed E-state index contributed by atoms with van der Waals surface area (Å²) in [6, 6.07) is -0.660. The lowest BCUT2D eigenvalue weighted by molar-refractivity contribution is -0.149. The zero-order valence-corrected chi connectivity index (χ0v) is 10.5. The number of nitrogens with two attached hydrogens (primary N) is 1. The monoisotopic (exact) mass is 242 g/mol. The molecule has 0 saturated heterocycles. The standard InChI is InChI=1S/C12H22N2O3/c1-4-7-9(13)10(15)14-8-12(5-2,6-3)11(16)17/h4,9H,1,5-8,13H2,2-3H3,(H,14,15)(H,16,17). The molecule has 17 heavy (non-hydrogen) atoms. The van der Waals surface area contributed by atoms with Crippen LogP contribution in [-0.2, 0) is 9.59 Å². The molecule has 5 nitrogen and oxygen atoms in total. The summed E-state index contributed by atoms with van der Waals surface area (Å²) in [5.74, 6) is -1.22. The van der Waals surface area contributed by atoms with Crippen LogP contribution in [0.2, 0.25) is 0 Å². The second-order valence-corrected chi connectivity index (χ2v) is 4.14. The number of carbonyl (C=O) groups excluding carboxylic acids is 1. The van der Waals surface area contributed by atoms with E-state index in [-0.39, 0.29) is 12.5 Å². The zero-order chi connectivity index (χ0) is 13.5. The quantitative estimate of drug-likeness (QED) is 0.551. The molecule has 0 radical (unpaired) electrons. The Hall–Kier alpha value is -1.36. The van der Waals surface area contributed by atoms with Gasteiger partial charge in [-0.2, -0.15) is 0 Å². The highest BCUT2D eigenvalue weighted by Crippen LogP contribution is 2.25. The first-order valence-electron chi connectivity index (χ1n) is 5.81. The van der Waals surface area contributed by atoms with E-state index in [0.29, 0.717) is 19.3 Å². The van der Waals surface area contributed by atoms with E-state index >= 15 is 0 Å². The molecule has 0 aliphatic rings. The molecule has 98 valence electrons. The van der Waals surface area contributed by atoms with Crippen LogP contribution in [0.3, 0.4) is 0 Å². The van der Waals surface area contributed by atoms with Gasteiger partial charge in [0.15, 0.2) is 0 Å². The van der Waals surface area contributed by atoms with E-state index < -0.39 is 17.4 Å². The summed E-state index contributed by atoms with van der Waals surface area (Å²) in [5, 5.41) is 11.8. The molecule has 1 amide bonds. The van der Waals surface area contributed by atoms with E-state index in [1.165, 1.54) is 0 Å². The van der Waals surface area contributed by atoms with Crippen molar-refractivity contribution in [1.29, 1.82) is 0 Å². The first-order chi connectivity index (χ1) is 7.93. The molecule has 0 heterocycles. The van der Waals surface area contributed by atoms with E-state index in [1.807, 2.05) is 0 Å². The smallest absolute Gasteiger partial charge is 0.311 e. The topological polar surface area (TPSA) is 92.4 Å². The maximum absolute atomic E-state index is 11.6. The molecule has 0 fully saturated rings. The molecule has 0 aromatic rings. The minimum absolute atomic E-state index is 0.110. The second kappa shape index (κ2) is 7.06. The minimum atomic E-state index is -0.899. The minimum Gasteiger partial charge on any atom is -0.481 e. The van der Waals surface area contributed by atoms with Gasteiger partial charge < -0.3 is 16.2 Å². The predicted molar refractivity (Wildman–Crippen MR) is 66.4 cm³/mol. The Morgan fingerprint density at radius 1 is 1.47 bits per heavy atom. The largest absolute Gasteiger partial charge is 0.481 e. The second-order valence-electron chi connectivity index (χ2n) is 4.14. The van der Waals surface area contributed by atoms with Crippen LogP contribution >= 0.6 is 0 Å². The molecule has 0 aliphatic heterocycles. The number of hydrogen-bond acceptors (Lipinski definition) is 3. The van der Waals surface area contributed by atoms with Crippen molar-refractivity contribution in [2.75, 3.05) is 6.54 Å². The number of hydrogen-bond donors (Lipinski definition) is 3. The van der Waals surface area contributed by atoms with Crippen LogP contribution in [0.25, 0.3) is 0 Å². The van der Waals surface area contributed by atoms with Crippen molar-refractivity contribution in [3.63, 3.8) is 0 Å². The summed E-state index contributed by atoms with van der Waals surface area (Å²) >= 11 is 0. The van der Waals surface area contributed by atoms with E-state index in [0.717, 1.165) is 0 Å². The number of amides is 1. The summed E-state index contributed by atoms with van der Waals surface area (Å²) in [4.78, 5) is 22.8. The Bertz CT molecular complexity index is 285. The van der Waals surface area contributed by atoms with Gasteiger partial charge in [0.25, 0.3) is 0 Å². The van der Waals surface area contributed by atoms with Crippen molar-refractivity contribution in [2.24, 2.45) is 11.1 Å². The Balaban J connectivity index is 4.46. The van der Waals surface area contributed by atoms with Gasteiger partial charge in [-0.25, -0.2) is 0 Å². The van der Waals surface area contributed by atoms with Gasteiger partial charge in [0.1, 0.15) is 0 Å². The van der Waals surface area contributed by atoms with Crippen molar-refractivity contribution in [2.45, 2.75) is 39.2 Å². The molecular formula is C12H22N2O3. The van der Waals surface area contributed by atoms with Crippen molar-refractivity contribution in [3.05, 3.63) is 12.7 Å². The van der Waals surface area contributed by atoms with Gasteiger partial charge in [0.05, 0.1) is 11.5 Å². The lowest BCUT2D eigenvalue weighted by atomic mass is 9.82. The predicted octanol–water partition coefficient (Wildman–Crippen LogP) is 0.897. The highest BCUT2D eigenvalue weighted by Gasteiger charge is 2.35. The maximum Gasteiger partial charge on any atom is 0.311 e. The fourth-order valence-electron chi connectivity index (χ4n) is 1.55. The molecule has 0 rings (SSSR count). The highest BCUT2D eigenvalue weighted by molar-refractivity contribution is 5.83. The Morgan fingerprint density at radius 2 is 2.00 bits per heavy atom. The van der Waals surface area contributed by atoms with Crippen LogP contribution in [-0.4, -0.2) is 29.6 Å². The summed E-state index contributed by atoms with van der Waals surface area (Å²) in [5.41, 5.74) is 4.69. The van der Waals surface area contributed by atoms with Crippen LogP contribution < -0.4 is 11.1 Å². The lowest BCUT2D eigenvalue weighted by Crippen LogP contribution is -2.47. The zero-order valence-electron chi connectivity index (χ0n) is 10.5. The number of carbonyl (C=O) groups is 2. The molecule has 1 unspecified atom stereocenters. The first kappa shape index (κ1) is 15.6. The summed E-state index contributed by atoms with van der Waals surface area (Å²) < 4.78 is 0. The molecule has 4 N–H and O–H groups in total. The Labute approximate surface area is 102 Å². The van der Waals surface area contributed by atoms with Crippen molar-refractivity contribution in [1.82, 2.24) is 5.32 Å². The van der Waals surface area contributed by atoms with Crippen LogP contribution in [0, 0.1) is 5.41 Å². The highest BCUT2D eigenvalue weighted by atomic mass is 16.4. The number of nitrogens with one attached hydrogen (secondary N) is 1. The number of carboxylic acid groups (broad SMARTS) is 1. The van der Waals surface area contributed by atoms with Crippen LogP contribution in [0.5, 0.6) is 0 Å². The summed E-state index contributed by atoms with van der Waals surface area (Å²) in [6.07, 6.45) is 2.88. The SMILES string of the molecule is C=CCC(N)C(=O)NCC(CC)(CC)C(=O)O. The van der Waals surface area contributed by atoms with Crippen molar-refractivity contribution >= 4 is 11.9 Å². The average Bonchev–Trinajstić information content (AvgIpc) is 2.30. The molecule has 5 heteroatoms. The molecule has 1 atom stereocenters. The lowest BCUT2D eigenvalue weighted by Gasteiger charge is -2.27. The Morgan fingerprint density at radius 3 is 2.35 bits per heavy atom. The first-order valence-corrected chi connectivity index (χ1v) is 5.81. The van der Waals surface area contributed by atoms with Gasteiger partial charge in [-0.15, -0.1) is 6.58 Å². The molecule has 0 spiro atoms. The van der Waals surface area contributed by atoms with Crippen LogP contribution in [0.15, 0.2) is 12.7 Å². The molecule has 0 aliphatic carbocycles. The van der Waals surface area contributed by atoms with Gasteiger partial charge in [-0.1, -0.05) is 19.9 Å². The van der Waals surface area contributed by atoms with E-state index in [9.17, 15) is 14.7 Å². The summed E-state index contributed by atoms with van der Waals surface area (Å²) in [6.45, 7) is 7.21. The van der Waals surface area contributed by atoms with E-state index in [1.54, 1.807) is 19.9 Å². The number of aliphatic carboxylic acids is 1. The third-order valence-electron chi connectivity index (χ3n) is 3.17. The number of rotatable bonds is 8. The fourth-order valence-corrected chi connectivity index (χ4v) is 1.55. The van der Waals surface area contributed by atoms with Gasteiger partial charge >= 0.3 is 5.97 Å². The van der Waals surface area contributed by atoms with Gasteiger partial charge in [-0.05, 0) is 19.3 Å².